The first-order valence-corrected chi connectivity index (χ1v) is 10.0. The minimum absolute atomic E-state index is 0.413. The van der Waals surface area contributed by atoms with Gasteiger partial charge in [-0.05, 0) is 80.4 Å². The molecule has 0 saturated heterocycles. The molecule has 1 aromatic heterocycles. The van der Waals surface area contributed by atoms with Crippen molar-refractivity contribution in [3.63, 3.8) is 0 Å². The van der Waals surface area contributed by atoms with Gasteiger partial charge in [-0.1, -0.05) is 23.7 Å². The molecule has 0 unspecified atom stereocenters. The van der Waals surface area contributed by atoms with Crippen molar-refractivity contribution in [1.82, 2.24) is 15.1 Å². The van der Waals surface area contributed by atoms with Gasteiger partial charge in [0.1, 0.15) is 0 Å². The van der Waals surface area contributed by atoms with Crippen LogP contribution in [0.15, 0.2) is 46.9 Å². The maximum absolute atomic E-state index is 5.94. The van der Waals surface area contributed by atoms with Crippen LogP contribution >= 0.6 is 23.8 Å². The van der Waals surface area contributed by atoms with Crippen LogP contribution in [0.3, 0.4) is 0 Å². The highest BCUT2D eigenvalue weighted by atomic mass is 35.5. The summed E-state index contributed by atoms with van der Waals surface area (Å²) in [6.07, 6.45) is 2.24. The number of aryl methyl sites for hydroxylation is 2. The average molecular weight is 413 g/mol. The predicted octanol–water partition coefficient (Wildman–Crippen LogP) is 5.37. The zero-order valence-corrected chi connectivity index (χ0v) is 17.3. The molecule has 7 heteroatoms. The lowest BCUT2D eigenvalue weighted by Gasteiger charge is -2.25. The highest BCUT2D eigenvalue weighted by molar-refractivity contribution is 7.80. The van der Waals surface area contributed by atoms with Crippen LogP contribution in [-0.4, -0.2) is 26.3 Å². The fraction of sp³-hybridized carbons (Fsp3) is 0.286. The topological polar surface area (TPSA) is 54.2 Å². The van der Waals surface area contributed by atoms with Gasteiger partial charge in [0.05, 0.1) is 6.54 Å². The second-order valence-corrected chi connectivity index (χ2v) is 7.94. The molecule has 1 heterocycles. The van der Waals surface area contributed by atoms with E-state index in [9.17, 15) is 0 Å². The first-order valence-electron chi connectivity index (χ1n) is 9.23. The van der Waals surface area contributed by atoms with Crippen molar-refractivity contribution in [1.29, 1.82) is 0 Å². The number of rotatable bonds is 5. The van der Waals surface area contributed by atoms with Crippen molar-refractivity contribution in [3.05, 3.63) is 64.5 Å². The summed E-state index contributed by atoms with van der Waals surface area (Å²) >= 11 is 11.6. The molecule has 0 aliphatic heterocycles. The van der Waals surface area contributed by atoms with Crippen LogP contribution < -0.4 is 5.32 Å². The molecule has 4 rings (SSSR count). The van der Waals surface area contributed by atoms with Crippen molar-refractivity contribution in [2.45, 2.75) is 39.3 Å². The van der Waals surface area contributed by atoms with Gasteiger partial charge in [-0.3, -0.25) is 0 Å². The highest BCUT2D eigenvalue weighted by Crippen LogP contribution is 2.30. The van der Waals surface area contributed by atoms with Crippen LogP contribution in [0.2, 0.25) is 5.02 Å². The Morgan fingerprint density at radius 2 is 1.93 bits per heavy atom. The standard InChI is InChI=1S/C21H21ClN4OS/c1-13-3-4-14(2)18(11-13)23-21(28)26(17-9-10-17)12-19-24-25-20(27-19)15-5-7-16(22)8-6-15/h3-8,11,17H,9-10,12H2,1-2H3,(H,23,28). The smallest absolute Gasteiger partial charge is 0.247 e. The van der Waals surface area contributed by atoms with Crippen LogP contribution in [0, 0.1) is 13.8 Å². The van der Waals surface area contributed by atoms with Gasteiger partial charge < -0.3 is 14.6 Å². The first kappa shape index (κ1) is 18.9. The van der Waals surface area contributed by atoms with E-state index in [1.807, 2.05) is 12.1 Å². The number of nitrogens with one attached hydrogen (secondary N) is 1. The van der Waals surface area contributed by atoms with E-state index in [1.165, 1.54) is 5.56 Å². The van der Waals surface area contributed by atoms with Crippen LogP contribution in [0.5, 0.6) is 0 Å². The van der Waals surface area contributed by atoms with E-state index < -0.39 is 0 Å². The van der Waals surface area contributed by atoms with Crippen molar-refractivity contribution >= 4 is 34.6 Å². The number of hydrogen-bond donors (Lipinski definition) is 1. The number of hydrogen-bond acceptors (Lipinski definition) is 4. The zero-order chi connectivity index (χ0) is 19.7. The molecule has 144 valence electrons. The molecule has 1 fully saturated rings. The van der Waals surface area contributed by atoms with Crippen LogP contribution in [0.1, 0.15) is 29.9 Å². The lowest BCUT2D eigenvalue weighted by molar-refractivity contribution is 0.351. The van der Waals surface area contributed by atoms with Gasteiger partial charge in [0.25, 0.3) is 0 Å². The zero-order valence-electron chi connectivity index (χ0n) is 15.8. The van der Waals surface area contributed by atoms with Crippen LogP contribution in [0.4, 0.5) is 5.69 Å². The van der Waals surface area contributed by atoms with Gasteiger partial charge in [-0.15, -0.1) is 10.2 Å². The van der Waals surface area contributed by atoms with E-state index >= 15 is 0 Å². The molecular weight excluding hydrogens is 392 g/mol. The molecule has 0 radical (unpaired) electrons. The Balaban J connectivity index is 1.49. The Hall–Kier alpha value is -2.44. The molecule has 0 amide bonds. The third kappa shape index (κ3) is 4.34. The summed E-state index contributed by atoms with van der Waals surface area (Å²) < 4.78 is 5.87. The summed E-state index contributed by atoms with van der Waals surface area (Å²) in [4.78, 5) is 2.14. The van der Waals surface area contributed by atoms with Crippen molar-refractivity contribution < 1.29 is 4.42 Å². The molecule has 28 heavy (non-hydrogen) atoms. The van der Waals surface area contributed by atoms with Gasteiger partial charge in [0, 0.05) is 22.3 Å². The minimum Gasteiger partial charge on any atom is -0.419 e. The molecule has 0 bridgehead atoms. The Morgan fingerprint density at radius 3 is 2.64 bits per heavy atom. The number of benzene rings is 2. The number of thiocarbonyl (C=S) groups is 1. The van der Waals surface area contributed by atoms with Gasteiger partial charge in [-0.25, -0.2) is 0 Å². The molecule has 5 nitrogen and oxygen atoms in total. The summed E-state index contributed by atoms with van der Waals surface area (Å²) in [6, 6.07) is 14.1. The highest BCUT2D eigenvalue weighted by Gasteiger charge is 2.32. The molecule has 1 saturated carbocycles. The summed E-state index contributed by atoms with van der Waals surface area (Å²) in [5.74, 6) is 1.03. The lowest BCUT2D eigenvalue weighted by Crippen LogP contribution is -2.36. The fourth-order valence-corrected chi connectivity index (χ4v) is 3.43. The van der Waals surface area contributed by atoms with Crippen LogP contribution in [-0.2, 0) is 6.54 Å². The van der Waals surface area contributed by atoms with Gasteiger partial charge in [0.15, 0.2) is 5.11 Å². The lowest BCUT2D eigenvalue weighted by atomic mass is 10.1. The molecule has 1 aliphatic carbocycles. The van der Waals surface area contributed by atoms with E-state index in [4.69, 9.17) is 28.2 Å². The predicted molar refractivity (Wildman–Crippen MR) is 115 cm³/mol. The second kappa shape index (κ2) is 7.89. The average Bonchev–Trinajstić information content (AvgIpc) is 3.41. The van der Waals surface area contributed by atoms with Crippen molar-refractivity contribution in [2.24, 2.45) is 0 Å². The Labute approximate surface area is 174 Å². The van der Waals surface area contributed by atoms with Crippen molar-refractivity contribution in [3.8, 4) is 11.5 Å². The minimum atomic E-state index is 0.413. The van der Waals surface area contributed by atoms with E-state index in [2.05, 4.69) is 52.5 Å². The fourth-order valence-electron chi connectivity index (χ4n) is 2.98. The van der Waals surface area contributed by atoms with E-state index in [0.717, 1.165) is 29.7 Å². The van der Waals surface area contributed by atoms with Gasteiger partial charge in [0.2, 0.25) is 11.8 Å². The first-order chi connectivity index (χ1) is 13.5. The number of anilines is 1. The Kier molecular flexibility index (Phi) is 5.33. The Morgan fingerprint density at radius 1 is 1.18 bits per heavy atom. The van der Waals surface area contributed by atoms with Gasteiger partial charge in [-0.2, -0.15) is 0 Å². The molecule has 1 N–H and O–H groups in total. The molecule has 2 aromatic carbocycles. The maximum atomic E-state index is 5.94. The summed E-state index contributed by atoms with van der Waals surface area (Å²) in [5, 5.41) is 13.1. The van der Waals surface area contributed by atoms with Gasteiger partial charge >= 0.3 is 0 Å². The number of nitrogens with zero attached hydrogens (tertiary/aromatic N) is 3. The molecule has 0 atom stereocenters. The van der Waals surface area contributed by atoms with E-state index in [1.54, 1.807) is 12.1 Å². The summed E-state index contributed by atoms with van der Waals surface area (Å²) in [6.45, 7) is 4.63. The summed E-state index contributed by atoms with van der Waals surface area (Å²) in [5.41, 5.74) is 4.23. The SMILES string of the molecule is Cc1ccc(C)c(NC(=S)N(Cc2nnc(-c3ccc(Cl)cc3)o2)C2CC2)c1. The normalized spacial score (nSPS) is 13.4. The van der Waals surface area contributed by atoms with Crippen LogP contribution in [0.25, 0.3) is 11.5 Å². The Bertz CT molecular complexity index is 998. The molecule has 3 aromatic rings. The second-order valence-electron chi connectivity index (χ2n) is 7.12. The monoisotopic (exact) mass is 412 g/mol. The maximum Gasteiger partial charge on any atom is 0.247 e. The molecule has 0 spiro atoms. The quantitative estimate of drug-likeness (QED) is 0.568. The van der Waals surface area contributed by atoms with E-state index in [0.29, 0.717) is 34.5 Å². The summed E-state index contributed by atoms with van der Waals surface area (Å²) in [7, 11) is 0. The number of halogens is 1. The number of aromatic nitrogens is 2. The largest absolute Gasteiger partial charge is 0.419 e. The molecular formula is C21H21ClN4OS. The molecule has 1 aliphatic rings. The third-order valence-corrected chi connectivity index (χ3v) is 5.34. The van der Waals surface area contributed by atoms with E-state index in [-0.39, 0.29) is 0 Å². The third-order valence-electron chi connectivity index (χ3n) is 4.75. The van der Waals surface area contributed by atoms with Crippen molar-refractivity contribution in [2.75, 3.05) is 5.32 Å².